The Bertz CT molecular complexity index is 988. The number of hydrogen-bond acceptors (Lipinski definition) is 3. The maximum absolute atomic E-state index is 13.5. The van der Waals surface area contributed by atoms with Crippen LogP contribution in [0, 0.1) is 5.82 Å². The molecule has 1 heterocycles. The summed E-state index contributed by atoms with van der Waals surface area (Å²) in [6.45, 7) is 2.69. The maximum Gasteiger partial charge on any atom is 0.260 e. The number of nitrogens with zero attached hydrogens (tertiary/aromatic N) is 2. The van der Waals surface area contributed by atoms with Gasteiger partial charge in [0.2, 0.25) is 0 Å². The van der Waals surface area contributed by atoms with Gasteiger partial charge >= 0.3 is 0 Å². The van der Waals surface area contributed by atoms with Crippen LogP contribution >= 0.6 is 11.6 Å². The molecule has 0 N–H and O–H groups in total. The molecule has 0 aliphatic carbocycles. The Hall–Kier alpha value is -2.89. The zero-order chi connectivity index (χ0) is 21.6. The van der Waals surface area contributed by atoms with Crippen LogP contribution in [-0.4, -0.2) is 48.5 Å². The van der Waals surface area contributed by atoms with Gasteiger partial charge in [0.15, 0.2) is 6.61 Å². The number of rotatable bonds is 6. The van der Waals surface area contributed by atoms with E-state index in [1.54, 1.807) is 24.3 Å². The molecule has 0 aromatic heterocycles. The number of amides is 1. The number of carbonyl (C=O) groups excluding carboxylic acids is 1. The van der Waals surface area contributed by atoms with Crippen molar-refractivity contribution in [2.75, 3.05) is 32.8 Å². The summed E-state index contributed by atoms with van der Waals surface area (Å²) in [5.74, 6) is 0.344. The Morgan fingerprint density at radius 1 is 0.871 bits per heavy atom. The second kappa shape index (κ2) is 9.94. The number of piperazine rings is 1. The van der Waals surface area contributed by atoms with Crippen molar-refractivity contribution in [3.8, 4) is 5.75 Å². The lowest BCUT2D eigenvalue weighted by Gasteiger charge is -2.39. The highest BCUT2D eigenvalue weighted by Gasteiger charge is 2.28. The van der Waals surface area contributed by atoms with Gasteiger partial charge < -0.3 is 9.64 Å². The van der Waals surface area contributed by atoms with Crippen molar-refractivity contribution in [1.82, 2.24) is 9.80 Å². The third kappa shape index (κ3) is 5.43. The van der Waals surface area contributed by atoms with Crippen molar-refractivity contribution in [2.45, 2.75) is 6.04 Å². The molecule has 4 rings (SSSR count). The molecule has 0 bridgehead atoms. The summed E-state index contributed by atoms with van der Waals surface area (Å²) in [5.41, 5.74) is 2.19. The molecule has 1 aliphatic heterocycles. The van der Waals surface area contributed by atoms with Gasteiger partial charge in [0.25, 0.3) is 5.91 Å². The molecule has 1 aliphatic rings. The third-order valence-electron chi connectivity index (χ3n) is 5.51. The Balaban J connectivity index is 1.40. The molecule has 0 radical (unpaired) electrons. The monoisotopic (exact) mass is 438 g/mol. The summed E-state index contributed by atoms with van der Waals surface area (Å²) in [6, 6.07) is 23.9. The first-order valence-corrected chi connectivity index (χ1v) is 10.7. The predicted molar refractivity (Wildman–Crippen MR) is 120 cm³/mol. The molecule has 4 nitrogen and oxygen atoms in total. The fourth-order valence-electron chi connectivity index (χ4n) is 3.89. The highest BCUT2D eigenvalue weighted by Crippen LogP contribution is 2.29. The molecular formula is C25H24ClFN2O2. The molecule has 6 heteroatoms. The van der Waals surface area contributed by atoms with Crippen LogP contribution in [0.2, 0.25) is 5.02 Å². The van der Waals surface area contributed by atoms with Gasteiger partial charge in [-0.2, -0.15) is 0 Å². The summed E-state index contributed by atoms with van der Waals surface area (Å²) < 4.78 is 19.1. The summed E-state index contributed by atoms with van der Waals surface area (Å²) >= 11 is 5.88. The Kier molecular flexibility index (Phi) is 6.85. The van der Waals surface area contributed by atoms with Gasteiger partial charge in [0.1, 0.15) is 11.6 Å². The van der Waals surface area contributed by atoms with Gasteiger partial charge in [-0.1, -0.05) is 54.1 Å². The third-order valence-corrected chi connectivity index (χ3v) is 5.76. The van der Waals surface area contributed by atoms with Gasteiger partial charge in [0, 0.05) is 31.2 Å². The number of hydrogen-bond donors (Lipinski definition) is 0. The molecule has 1 amide bonds. The second-order valence-electron chi connectivity index (χ2n) is 7.52. The predicted octanol–water partition coefficient (Wildman–Crippen LogP) is 4.79. The molecular weight excluding hydrogens is 415 g/mol. The van der Waals surface area contributed by atoms with Crippen molar-refractivity contribution < 1.29 is 13.9 Å². The van der Waals surface area contributed by atoms with E-state index in [1.807, 2.05) is 35.2 Å². The Morgan fingerprint density at radius 3 is 2.13 bits per heavy atom. The van der Waals surface area contributed by atoms with Crippen molar-refractivity contribution in [3.63, 3.8) is 0 Å². The zero-order valence-electron chi connectivity index (χ0n) is 17.1. The average molecular weight is 439 g/mol. The van der Waals surface area contributed by atoms with E-state index in [9.17, 15) is 9.18 Å². The first kappa shape index (κ1) is 21.3. The Labute approximate surface area is 186 Å². The molecule has 3 aromatic carbocycles. The molecule has 3 aromatic rings. The van der Waals surface area contributed by atoms with E-state index < -0.39 is 0 Å². The largest absolute Gasteiger partial charge is 0.484 e. The van der Waals surface area contributed by atoms with Crippen LogP contribution in [0.15, 0.2) is 78.9 Å². The first-order valence-electron chi connectivity index (χ1n) is 10.3. The number of carbonyl (C=O) groups is 1. The lowest BCUT2D eigenvalue weighted by molar-refractivity contribution is -0.135. The van der Waals surface area contributed by atoms with Crippen LogP contribution in [0.1, 0.15) is 17.2 Å². The van der Waals surface area contributed by atoms with Gasteiger partial charge in [-0.15, -0.1) is 0 Å². The van der Waals surface area contributed by atoms with Crippen LogP contribution in [0.5, 0.6) is 5.75 Å². The quantitative estimate of drug-likeness (QED) is 0.554. The number of benzene rings is 3. The van der Waals surface area contributed by atoms with Crippen molar-refractivity contribution in [3.05, 3.63) is 101 Å². The lowest BCUT2D eigenvalue weighted by atomic mass is 9.96. The molecule has 1 atom stereocenters. The van der Waals surface area contributed by atoms with Crippen molar-refractivity contribution in [2.24, 2.45) is 0 Å². The normalized spacial score (nSPS) is 15.5. The second-order valence-corrected chi connectivity index (χ2v) is 7.96. The highest BCUT2D eigenvalue weighted by molar-refractivity contribution is 6.30. The van der Waals surface area contributed by atoms with Crippen LogP contribution in [0.25, 0.3) is 0 Å². The highest BCUT2D eigenvalue weighted by atomic mass is 35.5. The summed E-state index contributed by atoms with van der Waals surface area (Å²) in [6.07, 6.45) is 0. The minimum atomic E-state index is -0.244. The topological polar surface area (TPSA) is 32.8 Å². The molecule has 1 fully saturated rings. The van der Waals surface area contributed by atoms with E-state index in [4.69, 9.17) is 16.3 Å². The van der Waals surface area contributed by atoms with Crippen LogP contribution in [-0.2, 0) is 4.79 Å². The van der Waals surface area contributed by atoms with Gasteiger partial charge in [-0.25, -0.2) is 4.39 Å². The Morgan fingerprint density at radius 2 is 1.48 bits per heavy atom. The molecule has 160 valence electrons. The van der Waals surface area contributed by atoms with Crippen molar-refractivity contribution >= 4 is 17.5 Å². The van der Waals surface area contributed by atoms with Crippen molar-refractivity contribution in [1.29, 1.82) is 0 Å². The standard InChI is InChI=1S/C25H24ClFN2O2/c26-21-8-12-23(13-9-21)31-18-24(30)28-14-16-29(17-15-28)25(19-4-2-1-3-5-19)20-6-10-22(27)11-7-20/h1-13,25H,14-18H2. The number of ether oxygens (including phenoxy) is 1. The van der Waals surface area contributed by atoms with E-state index in [2.05, 4.69) is 17.0 Å². The molecule has 1 unspecified atom stereocenters. The van der Waals surface area contributed by atoms with Crippen LogP contribution in [0.4, 0.5) is 4.39 Å². The summed E-state index contributed by atoms with van der Waals surface area (Å²) in [7, 11) is 0. The average Bonchev–Trinajstić information content (AvgIpc) is 2.81. The fraction of sp³-hybridized carbons (Fsp3) is 0.240. The van der Waals surface area contributed by atoms with Gasteiger partial charge in [-0.05, 0) is 47.5 Å². The minimum absolute atomic E-state index is 0.00169. The van der Waals surface area contributed by atoms with E-state index in [0.29, 0.717) is 23.9 Å². The molecule has 0 spiro atoms. The SMILES string of the molecule is O=C(COc1ccc(Cl)cc1)N1CCN(C(c2ccccc2)c2ccc(F)cc2)CC1. The molecule has 0 saturated carbocycles. The lowest BCUT2D eigenvalue weighted by Crippen LogP contribution is -2.51. The van der Waals surface area contributed by atoms with Gasteiger partial charge in [0.05, 0.1) is 6.04 Å². The van der Waals surface area contributed by atoms with E-state index in [0.717, 1.165) is 24.2 Å². The van der Waals surface area contributed by atoms with E-state index in [-0.39, 0.29) is 24.4 Å². The summed E-state index contributed by atoms with van der Waals surface area (Å²) in [5, 5.41) is 0.629. The van der Waals surface area contributed by atoms with Crippen LogP contribution < -0.4 is 4.74 Å². The maximum atomic E-state index is 13.5. The smallest absolute Gasteiger partial charge is 0.260 e. The number of halogens is 2. The van der Waals surface area contributed by atoms with Crippen LogP contribution in [0.3, 0.4) is 0 Å². The van der Waals surface area contributed by atoms with Gasteiger partial charge in [-0.3, -0.25) is 9.69 Å². The first-order chi connectivity index (χ1) is 15.1. The fourth-order valence-corrected chi connectivity index (χ4v) is 4.02. The van der Waals surface area contributed by atoms with E-state index >= 15 is 0 Å². The molecule has 1 saturated heterocycles. The zero-order valence-corrected chi connectivity index (χ0v) is 17.8. The summed E-state index contributed by atoms with van der Waals surface area (Å²) in [4.78, 5) is 16.8. The van der Waals surface area contributed by atoms with E-state index in [1.165, 1.54) is 12.1 Å². The molecule has 31 heavy (non-hydrogen) atoms. The minimum Gasteiger partial charge on any atom is -0.484 e.